The van der Waals surface area contributed by atoms with Crippen molar-refractivity contribution in [3.63, 3.8) is 0 Å². The minimum Gasteiger partial charge on any atom is -0.394 e. The molecular formula is C11H23NO2. The molecule has 1 rings (SSSR count). The van der Waals surface area contributed by atoms with Crippen molar-refractivity contribution in [1.82, 2.24) is 5.32 Å². The Morgan fingerprint density at radius 3 is 2.86 bits per heavy atom. The predicted octanol–water partition coefficient (Wildman–Crippen LogP) is 1.31. The fourth-order valence-corrected chi connectivity index (χ4v) is 2.03. The van der Waals surface area contributed by atoms with Crippen LogP contribution in [0.4, 0.5) is 0 Å². The highest BCUT2D eigenvalue weighted by atomic mass is 16.5. The molecule has 0 spiro atoms. The fraction of sp³-hybridized carbons (Fsp3) is 1.00. The molecule has 0 aromatic rings. The first-order chi connectivity index (χ1) is 6.76. The molecule has 84 valence electrons. The van der Waals surface area contributed by atoms with E-state index in [-0.39, 0.29) is 12.1 Å². The average molecular weight is 201 g/mol. The molecule has 0 bridgehead atoms. The Kier molecular flexibility index (Phi) is 4.85. The van der Waals surface area contributed by atoms with Crippen LogP contribution in [0.3, 0.4) is 0 Å². The summed E-state index contributed by atoms with van der Waals surface area (Å²) in [6.07, 6.45) is 4.34. The first kappa shape index (κ1) is 12.0. The summed E-state index contributed by atoms with van der Waals surface area (Å²) in [7, 11) is 0. The lowest BCUT2D eigenvalue weighted by Gasteiger charge is -2.40. The minimum absolute atomic E-state index is 0.0745. The van der Waals surface area contributed by atoms with Crippen molar-refractivity contribution < 1.29 is 9.84 Å². The fourth-order valence-electron chi connectivity index (χ4n) is 2.03. The Hall–Kier alpha value is -0.120. The van der Waals surface area contributed by atoms with Gasteiger partial charge in [0, 0.05) is 12.1 Å². The SMILES string of the molecule is CCCNC1(CO)CCOC(CC)C1. The van der Waals surface area contributed by atoms with Gasteiger partial charge in [0.25, 0.3) is 0 Å². The van der Waals surface area contributed by atoms with Crippen LogP contribution >= 0.6 is 0 Å². The topological polar surface area (TPSA) is 41.5 Å². The summed E-state index contributed by atoms with van der Waals surface area (Å²) in [6, 6.07) is 0. The first-order valence-electron chi connectivity index (χ1n) is 5.74. The number of aliphatic hydroxyl groups excluding tert-OH is 1. The van der Waals surface area contributed by atoms with Gasteiger partial charge in [0.1, 0.15) is 0 Å². The second-order valence-electron chi connectivity index (χ2n) is 4.22. The summed E-state index contributed by atoms with van der Waals surface area (Å²) < 4.78 is 5.61. The van der Waals surface area contributed by atoms with E-state index >= 15 is 0 Å². The molecule has 1 heterocycles. The van der Waals surface area contributed by atoms with E-state index < -0.39 is 0 Å². The van der Waals surface area contributed by atoms with Crippen molar-refractivity contribution in [3.05, 3.63) is 0 Å². The second kappa shape index (κ2) is 5.69. The number of aliphatic hydroxyl groups is 1. The van der Waals surface area contributed by atoms with Gasteiger partial charge in [0.05, 0.1) is 12.7 Å². The standard InChI is InChI=1S/C11H23NO2/c1-3-6-12-11(9-13)5-7-14-10(4-2)8-11/h10,12-13H,3-9H2,1-2H3. The van der Waals surface area contributed by atoms with E-state index in [1.54, 1.807) is 0 Å². The molecule has 0 aromatic heterocycles. The summed E-state index contributed by atoms with van der Waals surface area (Å²) in [4.78, 5) is 0. The average Bonchev–Trinajstić information content (AvgIpc) is 2.26. The lowest BCUT2D eigenvalue weighted by Crippen LogP contribution is -2.54. The van der Waals surface area contributed by atoms with Gasteiger partial charge in [0.2, 0.25) is 0 Å². The molecule has 0 aliphatic carbocycles. The van der Waals surface area contributed by atoms with E-state index in [1.165, 1.54) is 0 Å². The van der Waals surface area contributed by atoms with Crippen molar-refractivity contribution in [1.29, 1.82) is 0 Å². The maximum atomic E-state index is 9.46. The maximum absolute atomic E-state index is 9.46. The van der Waals surface area contributed by atoms with E-state index in [0.29, 0.717) is 6.10 Å². The van der Waals surface area contributed by atoms with Crippen molar-refractivity contribution in [2.75, 3.05) is 19.8 Å². The summed E-state index contributed by atoms with van der Waals surface area (Å²) in [5.74, 6) is 0. The first-order valence-corrected chi connectivity index (χ1v) is 5.74. The third-order valence-electron chi connectivity index (χ3n) is 3.06. The highest BCUT2D eigenvalue weighted by molar-refractivity contribution is 4.92. The van der Waals surface area contributed by atoms with E-state index in [2.05, 4.69) is 19.2 Å². The predicted molar refractivity (Wildman–Crippen MR) is 57.4 cm³/mol. The van der Waals surface area contributed by atoms with E-state index in [4.69, 9.17) is 4.74 Å². The molecule has 14 heavy (non-hydrogen) atoms. The molecule has 1 fully saturated rings. The van der Waals surface area contributed by atoms with Crippen molar-refractivity contribution in [3.8, 4) is 0 Å². The molecule has 2 atom stereocenters. The highest BCUT2D eigenvalue weighted by Crippen LogP contribution is 2.26. The molecule has 2 N–H and O–H groups in total. The van der Waals surface area contributed by atoms with Crippen molar-refractivity contribution in [2.24, 2.45) is 0 Å². The summed E-state index contributed by atoms with van der Waals surface area (Å²) >= 11 is 0. The van der Waals surface area contributed by atoms with E-state index in [9.17, 15) is 5.11 Å². The van der Waals surface area contributed by atoms with Crippen LogP contribution in [0.15, 0.2) is 0 Å². The molecule has 1 aliphatic rings. The normalized spacial score (nSPS) is 33.2. The lowest BCUT2D eigenvalue weighted by molar-refractivity contribution is -0.0457. The zero-order chi connectivity index (χ0) is 10.4. The molecule has 0 saturated carbocycles. The molecule has 1 saturated heterocycles. The summed E-state index contributed by atoms with van der Waals surface area (Å²) in [5, 5.41) is 12.9. The van der Waals surface area contributed by atoms with Gasteiger partial charge in [-0.2, -0.15) is 0 Å². The zero-order valence-corrected chi connectivity index (χ0v) is 9.38. The number of hydrogen-bond donors (Lipinski definition) is 2. The van der Waals surface area contributed by atoms with Gasteiger partial charge in [-0.05, 0) is 32.2 Å². The third-order valence-corrected chi connectivity index (χ3v) is 3.06. The minimum atomic E-state index is -0.0745. The molecule has 3 nitrogen and oxygen atoms in total. The van der Waals surface area contributed by atoms with Gasteiger partial charge in [-0.25, -0.2) is 0 Å². The summed E-state index contributed by atoms with van der Waals surface area (Å²) in [6.45, 7) is 6.27. The van der Waals surface area contributed by atoms with Crippen LogP contribution in [0.2, 0.25) is 0 Å². The van der Waals surface area contributed by atoms with Crippen molar-refractivity contribution >= 4 is 0 Å². The largest absolute Gasteiger partial charge is 0.394 e. The molecule has 0 aromatic carbocycles. The molecule has 0 radical (unpaired) electrons. The lowest BCUT2D eigenvalue weighted by atomic mass is 9.86. The quantitative estimate of drug-likeness (QED) is 0.704. The van der Waals surface area contributed by atoms with Gasteiger partial charge in [0.15, 0.2) is 0 Å². The van der Waals surface area contributed by atoms with Crippen LogP contribution in [-0.4, -0.2) is 36.5 Å². The number of hydrogen-bond acceptors (Lipinski definition) is 3. The second-order valence-corrected chi connectivity index (χ2v) is 4.22. The van der Waals surface area contributed by atoms with Gasteiger partial charge in [-0.3, -0.25) is 0 Å². The third kappa shape index (κ3) is 2.94. The Morgan fingerprint density at radius 2 is 2.29 bits per heavy atom. The Balaban J connectivity index is 2.49. The van der Waals surface area contributed by atoms with Crippen LogP contribution in [0, 0.1) is 0 Å². The molecule has 0 amide bonds. The van der Waals surface area contributed by atoms with Crippen molar-refractivity contribution in [2.45, 2.75) is 51.2 Å². The molecule has 2 unspecified atom stereocenters. The van der Waals surface area contributed by atoms with E-state index in [1.807, 2.05) is 0 Å². The van der Waals surface area contributed by atoms with Crippen LogP contribution in [0.25, 0.3) is 0 Å². The smallest absolute Gasteiger partial charge is 0.0615 e. The Morgan fingerprint density at radius 1 is 1.50 bits per heavy atom. The van der Waals surface area contributed by atoms with Crippen LogP contribution in [-0.2, 0) is 4.74 Å². The Labute approximate surface area is 86.8 Å². The van der Waals surface area contributed by atoms with Crippen LogP contribution in [0.1, 0.15) is 39.5 Å². The van der Waals surface area contributed by atoms with Gasteiger partial charge < -0.3 is 15.2 Å². The maximum Gasteiger partial charge on any atom is 0.0615 e. The highest BCUT2D eigenvalue weighted by Gasteiger charge is 2.35. The van der Waals surface area contributed by atoms with E-state index in [0.717, 1.165) is 38.8 Å². The molecular weight excluding hydrogens is 178 g/mol. The van der Waals surface area contributed by atoms with Gasteiger partial charge >= 0.3 is 0 Å². The summed E-state index contributed by atoms with van der Waals surface area (Å²) in [5.41, 5.74) is -0.0745. The number of ether oxygens (including phenoxy) is 1. The molecule has 3 heteroatoms. The van der Waals surface area contributed by atoms with Crippen LogP contribution < -0.4 is 5.32 Å². The number of rotatable bonds is 5. The van der Waals surface area contributed by atoms with Gasteiger partial charge in [-0.1, -0.05) is 13.8 Å². The molecule has 1 aliphatic heterocycles. The number of nitrogens with one attached hydrogen (secondary N) is 1. The zero-order valence-electron chi connectivity index (χ0n) is 9.38. The van der Waals surface area contributed by atoms with Crippen LogP contribution in [0.5, 0.6) is 0 Å². The Bertz CT molecular complexity index is 163. The van der Waals surface area contributed by atoms with Gasteiger partial charge in [-0.15, -0.1) is 0 Å². The monoisotopic (exact) mass is 201 g/mol.